The smallest absolute Gasteiger partial charge is 0.255 e. The molecule has 2 rings (SSSR count). The molecule has 1 heterocycles. The number of amides is 1. The van der Waals surface area contributed by atoms with Crippen LogP contribution in [0.1, 0.15) is 17.3 Å². The number of hydrogen-bond donors (Lipinski definition) is 2. The van der Waals surface area contributed by atoms with E-state index in [9.17, 15) is 4.79 Å². The minimum atomic E-state index is -0.224. The maximum atomic E-state index is 12.0. The van der Waals surface area contributed by atoms with Gasteiger partial charge in [-0.25, -0.2) is 0 Å². The van der Waals surface area contributed by atoms with Gasteiger partial charge in [0.15, 0.2) is 0 Å². The molecule has 98 valence electrons. The zero-order valence-electron chi connectivity index (χ0n) is 10.6. The number of carbonyl (C=O) groups excluding carboxylic acids is 1. The zero-order valence-corrected chi connectivity index (χ0v) is 10.6. The van der Waals surface area contributed by atoms with E-state index in [1.807, 2.05) is 6.92 Å². The van der Waals surface area contributed by atoms with Crippen LogP contribution in [0.15, 0.2) is 42.7 Å². The van der Waals surface area contributed by atoms with Crippen molar-refractivity contribution < 1.29 is 9.53 Å². The number of nitrogen functional groups attached to an aromatic ring is 1. The molecule has 3 N–H and O–H groups in total. The predicted molar refractivity (Wildman–Crippen MR) is 74.2 cm³/mol. The van der Waals surface area contributed by atoms with Crippen LogP contribution in [0.4, 0.5) is 11.4 Å². The largest absolute Gasteiger partial charge is 0.494 e. The van der Waals surface area contributed by atoms with Crippen LogP contribution in [0, 0.1) is 0 Å². The maximum absolute atomic E-state index is 12.0. The van der Waals surface area contributed by atoms with Gasteiger partial charge >= 0.3 is 0 Å². The molecule has 5 heteroatoms. The number of aromatic nitrogens is 1. The Hall–Kier alpha value is -2.56. The van der Waals surface area contributed by atoms with Gasteiger partial charge in [-0.05, 0) is 31.2 Å². The first-order chi connectivity index (χ1) is 9.20. The first-order valence-corrected chi connectivity index (χ1v) is 5.94. The predicted octanol–water partition coefficient (Wildman–Crippen LogP) is 2.31. The van der Waals surface area contributed by atoms with E-state index in [1.165, 1.54) is 0 Å². The summed E-state index contributed by atoms with van der Waals surface area (Å²) in [4.78, 5) is 15.8. The Morgan fingerprint density at radius 3 is 2.68 bits per heavy atom. The van der Waals surface area contributed by atoms with E-state index < -0.39 is 0 Å². The molecule has 0 bridgehead atoms. The van der Waals surface area contributed by atoms with Gasteiger partial charge in [0.2, 0.25) is 0 Å². The Labute approximate surface area is 111 Å². The minimum absolute atomic E-state index is 0.224. The molecule has 1 aromatic carbocycles. The van der Waals surface area contributed by atoms with E-state index in [1.54, 1.807) is 42.7 Å². The summed E-state index contributed by atoms with van der Waals surface area (Å²) in [6.07, 6.45) is 3.13. The SMILES string of the molecule is CCOc1ccc(NC(=O)c2ccncc2)c(N)c1. The van der Waals surface area contributed by atoms with Crippen LogP contribution in [0.2, 0.25) is 0 Å². The Bertz CT molecular complexity index is 570. The molecule has 5 nitrogen and oxygen atoms in total. The molecule has 0 fully saturated rings. The Morgan fingerprint density at radius 1 is 1.32 bits per heavy atom. The molecule has 0 saturated heterocycles. The fourth-order valence-corrected chi connectivity index (χ4v) is 1.61. The van der Waals surface area contributed by atoms with Crippen molar-refractivity contribution in [2.75, 3.05) is 17.7 Å². The van der Waals surface area contributed by atoms with Crippen LogP contribution in [0.5, 0.6) is 5.75 Å². The molecule has 1 aromatic heterocycles. The molecular weight excluding hydrogens is 242 g/mol. The molecule has 1 amide bonds. The summed E-state index contributed by atoms with van der Waals surface area (Å²) in [6, 6.07) is 8.45. The van der Waals surface area contributed by atoms with Crippen molar-refractivity contribution in [1.82, 2.24) is 4.98 Å². The summed E-state index contributed by atoms with van der Waals surface area (Å²) in [5, 5.41) is 2.75. The van der Waals surface area contributed by atoms with E-state index in [2.05, 4.69) is 10.3 Å². The number of pyridine rings is 1. The number of nitrogens with one attached hydrogen (secondary N) is 1. The highest BCUT2D eigenvalue weighted by atomic mass is 16.5. The lowest BCUT2D eigenvalue weighted by atomic mass is 10.2. The monoisotopic (exact) mass is 257 g/mol. The number of carbonyl (C=O) groups is 1. The summed E-state index contributed by atoms with van der Waals surface area (Å²) >= 11 is 0. The summed E-state index contributed by atoms with van der Waals surface area (Å²) in [6.45, 7) is 2.47. The highest BCUT2D eigenvalue weighted by Crippen LogP contribution is 2.24. The lowest BCUT2D eigenvalue weighted by molar-refractivity contribution is 0.102. The lowest BCUT2D eigenvalue weighted by Crippen LogP contribution is -2.13. The Balaban J connectivity index is 2.13. The number of ether oxygens (including phenoxy) is 1. The van der Waals surface area contributed by atoms with Gasteiger partial charge in [0.1, 0.15) is 5.75 Å². The molecule has 0 unspecified atom stereocenters. The molecular formula is C14H15N3O2. The van der Waals surface area contributed by atoms with Crippen molar-refractivity contribution >= 4 is 17.3 Å². The van der Waals surface area contributed by atoms with Gasteiger partial charge in [-0.3, -0.25) is 9.78 Å². The number of anilines is 2. The van der Waals surface area contributed by atoms with E-state index in [0.29, 0.717) is 29.3 Å². The van der Waals surface area contributed by atoms with Crippen LogP contribution in [-0.4, -0.2) is 17.5 Å². The molecule has 0 aliphatic rings. The number of rotatable bonds is 4. The van der Waals surface area contributed by atoms with Gasteiger partial charge in [-0.2, -0.15) is 0 Å². The maximum Gasteiger partial charge on any atom is 0.255 e. The first-order valence-electron chi connectivity index (χ1n) is 5.94. The van der Waals surface area contributed by atoms with Crippen molar-refractivity contribution in [2.24, 2.45) is 0 Å². The van der Waals surface area contributed by atoms with E-state index in [-0.39, 0.29) is 5.91 Å². The third kappa shape index (κ3) is 3.22. The van der Waals surface area contributed by atoms with Crippen molar-refractivity contribution in [3.05, 3.63) is 48.3 Å². The van der Waals surface area contributed by atoms with Crippen molar-refractivity contribution in [3.63, 3.8) is 0 Å². The second-order valence-electron chi connectivity index (χ2n) is 3.87. The second kappa shape index (κ2) is 5.86. The van der Waals surface area contributed by atoms with Gasteiger partial charge in [-0.15, -0.1) is 0 Å². The summed E-state index contributed by atoms with van der Waals surface area (Å²) in [5.41, 5.74) is 7.43. The Morgan fingerprint density at radius 2 is 2.05 bits per heavy atom. The highest BCUT2D eigenvalue weighted by molar-refractivity contribution is 6.05. The molecule has 0 radical (unpaired) electrons. The van der Waals surface area contributed by atoms with E-state index in [4.69, 9.17) is 10.5 Å². The quantitative estimate of drug-likeness (QED) is 0.824. The standard InChI is InChI=1S/C14H15N3O2/c1-2-19-11-3-4-13(12(15)9-11)17-14(18)10-5-7-16-8-6-10/h3-9H,2,15H2,1H3,(H,17,18). The molecule has 0 atom stereocenters. The van der Waals surface area contributed by atoms with Crippen molar-refractivity contribution in [2.45, 2.75) is 6.92 Å². The fourth-order valence-electron chi connectivity index (χ4n) is 1.61. The number of hydrogen-bond acceptors (Lipinski definition) is 4. The Kier molecular flexibility index (Phi) is 3.97. The van der Waals surface area contributed by atoms with E-state index in [0.717, 1.165) is 0 Å². The van der Waals surface area contributed by atoms with Crippen LogP contribution in [0.3, 0.4) is 0 Å². The topological polar surface area (TPSA) is 77.2 Å². The van der Waals surface area contributed by atoms with Crippen LogP contribution in [0.25, 0.3) is 0 Å². The van der Waals surface area contributed by atoms with Crippen molar-refractivity contribution in [3.8, 4) is 5.75 Å². The molecule has 0 saturated carbocycles. The third-order valence-corrected chi connectivity index (χ3v) is 2.52. The number of nitrogens with two attached hydrogens (primary N) is 1. The number of benzene rings is 1. The normalized spacial score (nSPS) is 9.95. The highest BCUT2D eigenvalue weighted by Gasteiger charge is 2.08. The van der Waals surface area contributed by atoms with Gasteiger partial charge in [0.25, 0.3) is 5.91 Å². The summed E-state index contributed by atoms with van der Waals surface area (Å²) in [7, 11) is 0. The summed E-state index contributed by atoms with van der Waals surface area (Å²) in [5.74, 6) is 0.458. The number of nitrogens with zero attached hydrogens (tertiary/aromatic N) is 1. The molecule has 0 aliphatic carbocycles. The van der Waals surface area contributed by atoms with Crippen LogP contribution >= 0.6 is 0 Å². The van der Waals surface area contributed by atoms with Crippen molar-refractivity contribution in [1.29, 1.82) is 0 Å². The molecule has 2 aromatic rings. The fraction of sp³-hybridized carbons (Fsp3) is 0.143. The second-order valence-corrected chi connectivity index (χ2v) is 3.87. The van der Waals surface area contributed by atoms with Gasteiger partial charge in [-0.1, -0.05) is 0 Å². The van der Waals surface area contributed by atoms with E-state index >= 15 is 0 Å². The molecule has 0 aliphatic heterocycles. The van der Waals surface area contributed by atoms with Crippen LogP contribution in [-0.2, 0) is 0 Å². The lowest BCUT2D eigenvalue weighted by Gasteiger charge is -2.10. The van der Waals surface area contributed by atoms with Crippen LogP contribution < -0.4 is 15.8 Å². The molecule has 0 spiro atoms. The minimum Gasteiger partial charge on any atom is -0.494 e. The zero-order chi connectivity index (χ0) is 13.7. The van der Waals surface area contributed by atoms with Gasteiger partial charge in [0.05, 0.1) is 18.0 Å². The first kappa shape index (κ1) is 12.9. The third-order valence-electron chi connectivity index (χ3n) is 2.52. The summed E-state index contributed by atoms with van der Waals surface area (Å²) < 4.78 is 5.33. The van der Waals surface area contributed by atoms with Gasteiger partial charge in [0, 0.05) is 24.0 Å². The molecule has 19 heavy (non-hydrogen) atoms. The van der Waals surface area contributed by atoms with Gasteiger partial charge < -0.3 is 15.8 Å². The average Bonchev–Trinajstić information content (AvgIpc) is 2.43. The average molecular weight is 257 g/mol.